The molecule has 188 valence electrons. The second-order valence-electron chi connectivity index (χ2n) is 10.3. The fourth-order valence-electron chi connectivity index (χ4n) is 5.36. The Bertz CT molecular complexity index is 1430. The lowest BCUT2D eigenvalue weighted by Gasteiger charge is -2.44. The summed E-state index contributed by atoms with van der Waals surface area (Å²) in [6.07, 6.45) is 1.36. The molecule has 1 saturated carbocycles. The number of aromatic nitrogens is 1. The molecule has 5 rings (SSSR count). The smallest absolute Gasteiger partial charge is 0.309 e. The first kappa shape index (κ1) is 24.3. The van der Waals surface area contributed by atoms with Crippen molar-refractivity contribution in [2.45, 2.75) is 51.0 Å². The van der Waals surface area contributed by atoms with Crippen LogP contribution in [0, 0.1) is 25.2 Å². The predicted molar refractivity (Wildman–Crippen MR) is 138 cm³/mol. The Hall–Kier alpha value is -3.39. The Morgan fingerprint density at radius 3 is 2.56 bits per heavy atom. The lowest BCUT2D eigenvalue weighted by Crippen LogP contribution is -2.47. The van der Waals surface area contributed by atoms with Crippen LogP contribution in [0.4, 0.5) is 5.69 Å². The number of hydrogen-bond acceptors (Lipinski definition) is 5. The SMILES string of the molecule is Cc1cccc(S(=O)(=O)N2C[C@H](CC3CC(C)(C(=O)O)C3)Oc3ccc(-c4cccc(C)n4)cc32)c1. The fraction of sp³-hybridized carbons (Fsp3) is 0.357. The summed E-state index contributed by atoms with van der Waals surface area (Å²) in [4.78, 5) is 16.3. The maximum atomic E-state index is 13.9. The van der Waals surface area contributed by atoms with Gasteiger partial charge >= 0.3 is 5.97 Å². The molecule has 0 saturated heterocycles. The molecular weight excluding hydrogens is 476 g/mol. The molecule has 2 aliphatic rings. The van der Waals surface area contributed by atoms with Gasteiger partial charge in [-0.15, -0.1) is 0 Å². The molecule has 0 amide bonds. The zero-order chi connectivity index (χ0) is 25.7. The number of fused-ring (bicyclic) bond motifs is 1. The van der Waals surface area contributed by atoms with Crippen LogP contribution in [0.1, 0.15) is 37.4 Å². The molecule has 1 N–H and O–H groups in total. The van der Waals surface area contributed by atoms with Crippen LogP contribution in [0.5, 0.6) is 5.75 Å². The minimum Gasteiger partial charge on any atom is -0.486 e. The third kappa shape index (κ3) is 4.46. The molecule has 0 bridgehead atoms. The van der Waals surface area contributed by atoms with Crippen LogP contribution in [0.2, 0.25) is 0 Å². The average Bonchev–Trinajstić information content (AvgIpc) is 2.82. The molecule has 2 heterocycles. The van der Waals surface area contributed by atoms with Crippen LogP contribution in [-0.4, -0.2) is 37.1 Å². The van der Waals surface area contributed by atoms with Crippen LogP contribution in [0.25, 0.3) is 11.3 Å². The van der Waals surface area contributed by atoms with E-state index in [2.05, 4.69) is 4.98 Å². The zero-order valence-corrected chi connectivity index (χ0v) is 21.5. The number of rotatable bonds is 6. The number of pyridine rings is 1. The number of aryl methyl sites for hydroxylation is 2. The van der Waals surface area contributed by atoms with Crippen molar-refractivity contribution in [3.8, 4) is 17.0 Å². The predicted octanol–water partition coefficient (Wildman–Crippen LogP) is 5.21. The quantitative estimate of drug-likeness (QED) is 0.493. The maximum Gasteiger partial charge on any atom is 0.309 e. The highest BCUT2D eigenvalue weighted by Crippen LogP contribution is 2.49. The van der Waals surface area contributed by atoms with Crippen molar-refractivity contribution < 1.29 is 23.1 Å². The van der Waals surface area contributed by atoms with Crippen LogP contribution < -0.4 is 9.04 Å². The van der Waals surface area contributed by atoms with E-state index in [0.717, 1.165) is 22.5 Å². The van der Waals surface area contributed by atoms with E-state index >= 15 is 0 Å². The van der Waals surface area contributed by atoms with Gasteiger partial charge in [-0.3, -0.25) is 14.1 Å². The molecule has 3 aromatic rings. The summed E-state index contributed by atoms with van der Waals surface area (Å²) in [6.45, 7) is 5.71. The summed E-state index contributed by atoms with van der Waals surface area (Å²) in [7, 11) is -3.86. The molecule has 7 nitrogen and oxygen atoms in total. The summed E-state index contributed by atoms with van der Waals surface area (Å²) in [6, 6.07) is 18.2. The van der Waals surface area contributed by atoms with Gasteiger partial charge in [-0.1, -0.05) is 18.2 Å². The van der Waals surface area contributed by atoms with Crippen molar-refractivity contribution in [3.63, 3.8) is 0 Å². The molecule has 8 heteroatoms. The van der Waals surface area contributed by atoms with Gasteiger partial charge in [0.05, 0.1) is 28.2 Å². The van der Waals surface area contributed by atoms with Gasteiger partial charge in [-0.2, -0.15) is 0 Å². The Balaban J connectivity index is 1.51. The van der Waals surface area contributed by atoms with Gasteiger partial charge in [0.15, 0.2) is 0 Å². The number of aliphatic carboxylic acids is 1. The van der Waals surface area contributed by atoms with Gasteiger partial charge in [0.2, 0.25) is 0 Å². The molecule has 1 atom stereocenters. The van der Waals surface area contributed by atoms with Gasteiger partial charge in [0, 0.05) is 11.3 Å². The number of nitrogens with zero attached hydrogens (tertiary/aromatic N) is 2. The van der Waals surface area contributed by atoms with E-state index in [4.69, 9.17) is 4.74 Å². The number of carboxylic acids is 1. The van der Waals surface area contributed by atoms with Crippen molar-refractivity contribution in [2.75, 3.05) is 10.8 Å². The summed E-state index contributed by atoms with van der Waals surface area (Å²) >= 11 is 0. The van der Waals surface area contributed by atoms with Gasteiger partial charge in [0.25, 0.3) is 10.0 Å². The van der Waals surface area contributed by atoms with E-state index in [1.807, 2.05) is 56.3 Å². The van der Waals surface area contributed by atoms with Gasteiger partial charge in [0.1, 0.15) is 11.9 Å². The van der Waals surface area contributed by atoms with Crippen molar-refractivity contribution in [2.24, 2.45) is 11.3 Å². The standard InChI is InChI=1S/C28H30N2O5S/c1-18-6-4-8-23(12-18)36(33,34)30-17-22(13-20-15-28(3,16-20)27(31)32)35-26-11-10-21(14-25(26)30)24-9-5-7-19(2)29-24/h4-12,14,20,22H,13,15-17H2,1-3H3,(H,31,32)/t20?,22-,28?/m0/s1. The van der Waals surface area contributed by atoms with Crippen molar-refractivity contribution >= 4 is 21.7 Å². The van der Waals surface area contributed by atoms with Gasteiger partial charge in [-0.05, 0) is 94.0 Å². The molecule has 1 aliphatic carbocycles. The molecule has 0 unspecified atom stereocenters. The first-order valence-corrected chi connectivity index (χ1v) is 13.6. The average molecular weight is 507 g/mol. The van der Waals surface area contributed by atoms with E-state index in [9.17, 15) is 18.3 Å². The first-order chi connectivity index (χ1) is 17.0. The van der Waals surface area contributed by atoms with Crippen molar-refractivity contribution in [3.05, 3.63) is 71.9 Å². The molecule has 1 fully saturated rings. The highest BCUT2D eigenvalue weighted by molar-refractivity contribution is 7.92. The summed E-state index contributed by atoms with van der Waals surface area (Å²) in [5.74, 6) is -0.106. The third-order valence-corrected chi connectivity index (χ3v) is 9.02. The molecule has 1 aromatic heterocycles. The number of sulfonamides is 1. The second kappa shape index (κ2) is 8.92. The molecule has 36 heavy (non-hydrogen) atoms. The van der Waals surface area contributed by atoms with E-state index in [0.29, 0.717) is 30.7 Å². The first-order valence-electron chi connectivity index (χ1n) is 12.1. The minimum atomic E-state index is -3.86. The summed E-state index contributed by atoms with van der Waals surface area (Å²) in [5.41, 5.74) is 3.08. The Kier molecular flexibility index (Phi) is 6.03. The number of hydrogen-bond donors (Lipinski definition) is 1. The molecule has 1 aliphatic heterocycles. The van der Waals surface area contributed by atoms with Crippen LogP contribution >= 0.6 is 0 Å². The monoisotopic (exact) mass is 506 g/mol. The lowest BCUT2D eigenvalue weighted by molar-refractivity contribution is -0.157. The number of ether oxygens (including phenoxy) is 1. The van der Waals surface area contributed by atoms with E-state index in [1.165, 1.54) is 4.31 Å². The number of carbonyl (C=O) groups is 1. The van der Waals surface area contributed by atoms with Crippen LogP contribution in [0.15, 0.2) is 65.6 Å². The van der Waals surface area contributed by atoms with Gasteiger partial charge in [-0.25, -0.2) is 8.42 Å². The Labute approximate surface area is 211 Å². The second-order valence-corrected chi connectivity index (χ2v) is 12.2. The van der Waals surface area contributed by atoms with Crippen LogP contribution in [-0.2, 0) is 14.8 Å². The van der Waals surface area contributed by atoms with Gasteiger partial charge < -0.3 is 9.84 Å². The molecule has 0 spiro atoms. The highest BCUT2D eigenvalue weighted by Gasteiger charge is 2.48. The summed E-state index contributed by atoms with van der Waals surface area (Å²) < 4.78 is 35.5. The fourth-order valence-corrected chi connectivity index (χ4v) is 6.96. The Morgan fingerprint density at radius 1 is 1.11 bits per heavy atom. The molecule has 0 radical (unpaired) electrons. The number of carboxylic acid groups (broad SMARTS) is 1. The van der Waals surface area contributed by atoms with Crippen molar-refractivity contribution in [1.29, 1.82) is 0 Å². The maximum absolute atomic E-state index is 13.9. The minimum absolute atomic E-state index is 0.161. The number of benzene rings is 2. The van der Waals surface area contributed by atoms with Crippen molar-refractivity contribution in [1.82, 2.24) is 4.98 Å². The van der Waals surface area contributed by atoms with E-state index in [-0.39, 0.29) is 23.5 Å². The number of anilines is 1. The van der Waals surface area contributed by atoms with E-state index < -0.39 is 21.4 Å². The molecular formula is C28H30N2O5S. The largest absolute Gasteiger partial charge is 0.486 e. The molecule has 2 aromatic carbocycles. The zero-order valence-electron chi connectivity index (χ0n) is 20.6. The van der Waals surface area contributed by atoms with Crippen LogP contribution in [0.3, 0.4) is 0 Å². The lowest BCUT2D eigenvalue weighted by atomic mass is 9.61. The normalized spacial score (nSPS) is 23.4. The Morgan fingerprint density at radius 2 is 1.86 bits per heavy atom. The van der Waals surface area contributed by atoms with E-state index in [1.54, 1.807) is 25.1 Å². The third-order valence-electron chi connectivity index (χ3n) is 7.24. The topological polar surface area (TPSA) is 96.8 Å². The summed E-state index contributed by atoms with van der Waals surface area (Å²) in [5, 5.41) is 9.46. The highest BCUT2D eigenvalue weighted by atomic mass is 32.2.